The standard InChI is InChI=1S/C22H22O/c1-22(2,3)20-11-7-10-19(16-8-5-4-6-9-16)21(20)17-12-14-18(23)15-13-17/h4-15,23H,1-3H3. The van der Waals surface area contributed by atoms with Crippen LogP contribution >= 0.6 is 0 Å². The molecule has 0 radical (unpaired) electrons. The highest BCUT2D eigenvalue weighted by molar-refractivity contribution is 5.86. The van der Waals surface area contributed by atoms with Crippen LogP contribution in [0.3, 0.4) is 0 Å². The molecule has 23 heavy (non-hydrogen) atoms. The molecule has 1 N–H and O–H groups in total. The minimum atomic E-state index is 0.0397. The van der Waals surface area contributed by atoms with Crippen molar-refractivity contribution >= 4 is 0 Å². The minimum Gasteiger partial charge on any atom is -0.508 e. The second kappa shape index (κ2) is 5.92. The zero-order valence-corrected chi connectivity index (χ0v) is 13.9. The van der Waals surface area contributed by atoms with E-state index < -0.39 is 0 Å². The van der Waals surface area contributed by atoms with Crippen LogP contribution in [0.5, 0.6) is 5.75 Å². The number of phenols is 1. The summed E-state index contributed by atoms with van der Waals surface area (Å²) in [5.41, 5.74) is 6.16. The molecule has 3 aromatic rings. The van der Waals surface area contributed by atoms with Crippen LogP contribution in [0.2, 0.25) is 0 Å². The summed E-state index contributed by atoms with van der Waals surface area (Å²) in [6, 6.07) is 24.5. The van der Waals surface area contributed by atoms with Gasteiger partial charge in [0, 0.05) is 0 Å². The molecule has 1 nitrogen and oxygen atoms in total. The van der Waals surface area contributed by atoms with Crippen molar-refractivity contribution in [3.63, 3.8) is 0 Å². The summed E-state index contributed by atoms with van der Waals surface area (Å²) in [4.78, 5) is 0. The monoisotopic (exact) mass is 302 g/mol. The van der Waals surface area contributed by atoms with Gasteiger partial charge in [0.2, 0.25) is 0 Å². The van der Waals surface area contributed by atoms with Crippen molar-refractivity contribution in [2.45, 2.75) is 26.2 Å². The Balaban J connectivity index is 2.31. The van der Waals surface area contributed by atoms with Gasteiger partial charge in [-0.1, -0.05) is 81.4 Å². The lowest BCUT2D eigenvalue weighted by molar-refractivity contribution is 0.475. The second-order valence-electron chi connectivity index (χ2n) is 6.89. The molecular formula is C22H22O. The molecule has 0 saturated heterocycles. The molecule has 0 bridgehead atoms. The molecular weight excluding hydrogens is 280 g/mol. The van der Waals surface area contributed by atoms with Crippen molar-refractivity contribution in [1.82, 2.24) is 0 Å². The number of hydrogen-bond donors (Lipinski definition) is 1. The maximum Gasteiger partial charge on any atom is 0.115 e. The van der Waals surface area contributed by atoms with E-state index in [4.69, 9.17) is 0 Å². The van der Waals surface area contributed by atoms with E-state index in [0.29, 0.717) is 5.75 Å². The van der Waals surface area contributed by atoms with E-state index in [0.717, 1.165) is 5.56 Å². The van der Waals surface area contributed by atoms with Gasteiger partial charge in [0.15, 0.2) is 0 Å². The van der Waals surface area contributed by atoms with Gasteiger partial charge in [0.1, 0.15) is 5.75 Å². The zero-order valence-electron chi connectivity index (χ0n) is 13.9. The Bertz CT molecular complexity index is 794. The first-order chi connectivity index (χ1) is 11.0. The summed E-state index contributed by atoms with van der Waals surface area (Å²) in [7, 11) is 0. The lowest BCUT2D eigenvalue weighted by Gasteiger charge is -2.25. The summed E-state index contributed by atoms with van der Waals surface area (Å²) in [6.07, 6.45) is 0. The molecule has 1 heteroatoms. The van der Waals surface area contributed by atoms with Crippen molar-refractivity contribution in [2.24, 2.45) is 0 Å². The number of phenolic OH excluding ortho intramolecular Hbond substituents is 1. The molecule has 0 aliphatic rings. The Morgan fingerprint density at radius 2 is 1.30 bits per heavy atom. The Hall–Kier alpha value is -2.54. The predicted octanol–water partition coefficient (Wildman–Crippen LogP) is 6.02. The molecule has 0 aromatic heterocycles. The van der Waals surface area contributed by atoms with Gasteiger partial charge in [-0.05, 0) is 45.4 Å². The summed E-state index contributed by atoms with van der Waals surface area (Å²) < 4.78 is 0. The lowest BCUT2D eigenvalue weighted by atomic mass is 9.79. The fourth-order valence-electron chi connectivity index (χ4n) is 2.97. The SMILES string of the molecule is CC(C)(C)c1cccc(-c2ccccc2)c1-c1ccc(O)cc1. The number of hydrogen-bond acceptors (Lipinski definition) is 1. The maximum atomic E-state index is 9.62. The molecule has 0 fully saturated rings. The van der Waals surface area contributed by atoms with Crippen molar-refractivity contribution in [3.05, 3.63) is 78.4 Å². The second-order valence-corrected chi connectivity index (χ2v) is 6.89. The summed E-state index contributed by atoms with van der Waals surface area (Å²) in [5, 5.41) is 9.62. The predicted molar refractivity (Wildman–Crippen MR) is 97.7 cm³/mol. The third-order valence-corrected chi connectivity index (χ3v) is 4.11. The van der Waals surface area contributed by atoms with Gasteiger partial charge < -0.3 is 5.11 Å². The van der Waals surface area contributed by atoms with E-state index in [1.54, 1.807) is 12.1 Å². The quantitative estimate of drug-likeness (QED) is 0.613. The summed E-state index contributed by atoms with van der Waals surface area (Å²) in [5.74, 6) is 0.295. The maximum absolute atomic E-state index is 9.62. The summed E-state index contributed by atoms with van der Waals surface area (Å²) >= 11 is 0. The molecule has 0 atom stereocenters. The van der Waals surface area contributed by atoms with Crippen molar-refractivity contribution in [3.8, 4) is 28.0 Å². The Labute approximate surface area is 138 Å². The molecule has 0 amide bonds. The van der Waals surface area contributed by atoms with E-state index in [-0.39, 0.29) is 5.41 Å². The summed E-state index contributed by atoms with van der Waals surface area (Å²) in [6.45, 7) is 6.71. The van der Waals surface area contributed by atoms with E-state index >= 15 is 0 Å². The van der Waals surface area contributed by atoms with E-state index in [1.165, 1.54) is 22.3 Å². The highest BCUT2D eigenvalue weighted by Gasteiger charge is 2.21. The molecule has 3 rings (SSSR count). The fourth-order valence-corrected chi connectivity index (χ4v) is 2.97. The highest BCUT2D eigenvalue weighted by atomic mass is 16.3. The van der Waals surface area contributed by atoms with E-state index in [9.17, 15) is 5.11 Å². The molecule has 0 aliphatic carbocycles. The molecule has 0 unspecified atom stereocenters. The fraction of sp³-hybridized carbons (Fsp3) is 0.182. The van der Waals surface area contributed by atoms with Gasteiger partial charge in [-0.25, -0.2) is 0 Å². The zero-order chi connectivity index (χ0) is 16.4. The Morgan fingerprint density at radius 3 is 1.91 bits per heavy atom. The molecule has 0 heterocycles. The van der Waals surface area contributed by atoms with Crippen molar-refractivity contribution in [2.75, 3.05) is 0 Å². The van der Waals surface area contributed by atoms with Gasteiger partial charge in [-0.15, -0.1) is 0 Å². The van der Waals surface area contributed by atoms with Crippen LogP contribution in [-0.2, 0) is 5.41 Å². The third kappa shape index (κ3) is 3.14. The van der Waals surface area contributed by atoms with Gasteiger partial charge in [-0.2, -0.15) is 0 Å². The Morgan fingerprint density at radius 1 is 0.652 bits per heavy atom. The van der Waals surface area contributed by atoms with Crippen LogP contribution in [0, 0.1) is 0 Å². The Kier molecular flexibility index (Phi) is 3.96. The molecule has 116 valence electrons. The smallest absolute Gasteiger partial charge is 0.115 e. The van der Waals surface area contributed by atoms with E-state index in [1.807, 2.05) is 18.2 Å². The first-order valence-electron chi connectivity index (χ1n) is 7.95. The number of rotatable bonds is 2. The molecule has 3 aromatic carbocycles. The minimum absolute atomic E-state index is 0.0397. The van der Waals surface area contributed by atoms with Crippen LogP contribution in [0.1, 0.15) is 26.3 Å². The van der Waals surface area contributed by atoms with Crippen molar-refractivity contribution < 1.29 is 5.11 Å². The van der Waals surface area contributed by atoms with E-state index in [2.05, 4.69) is 63.2 Å². The van der Waals surface area contributed by atoms with Crippen LogP contribution in [0.4, 0.5) is 0 Å². The largest absolute Gasteiger partial charge is 0.508 e. The average Bonchev–Trinajstić information content (AvgIpc) is 2.55. The number of aromatic hydroxyl groups is 1. The first kappa shape index (κ1) is 15.4. The van der Waals surface area contributed by atoms with Crippen LogP contribution in [-0.4, -0.2) is 5.11 Å². The normalized spacial score (nSPS) is 11.4. The van der Waals surface area contributed by atoms with Crippen LogP contribution < -0.4 is 0 Å². The molecule has 0 spiro atoms. The third-order valence-electron chi connectivity index (χ3n) is 4.11. The first-order valence-corrected chi connectivity index (χ1v) is 7.95. The molecule has 0 aliphatic heterocycles. The average molecular weight is 302 g/mol. The number of benzene rings is 3. The van der Waals surface area contributed by atoms with Crippen LogP contribution in [0.15, 0.2) is 72.8 Å². The van der Waals surface area contributed by atoms with Gasteiger partial charge in [0.05, 0.1) is 0 Å². The highest BCUT2D eigenvalue weighted by Crippen LogP contribution is 2.40. The van der Waals surface area contributed by atoms with Crippen LogP contribution in [0.25, 0.3) is 22.3 Å². The van der Waals surface area contributed by atoms with Crippen molar-refractivity contribution in [1.29, 1.82) is 0 Å². The van der Waals surface area contributed by atoms with Gasteiger partial charge in [-0.3, -0.25) is 0 Å². The topological polar surface area (TPSA) is 20.2 Å². The molecule has 0 saturated carbocycles. The van der Waals surface area contributed by atoms with Gasteiger partial charge >= 0.3 is 0 Å². The van der Waals surface area contributed by atoms with Gasteiger partial charge in [0.25, 0.3) is 0 Å². The lowest BCUT2D eigenvalue weighted by Crippen LogP contribution is -2.13.